The molecular weight excluding hydrogens is 286 g/mol. The molecule has 0 aliphatic heterocycles. The van der Waals surface area contributed by atoms with Crippen LogP contribution >= 0.6 is 11.6 Å². The van der Waals surface area contributed by atoms with Crippen LogP contribution in [0.3, 0.4) is 0 Å². The molecule has 0 aliphatic rings. The summed E-state index contributed by atoms with van der Waals surface area (Å²) in [6.07, 6.45) is 1.61. The maximum Gasteiger partial charge on any atom is 0.140 e. The number of pyridine rings is 1. The van der Waals surface area contributed by atoms with Crippen molar-refractivity contribution in [2.24, 2.45) is 0 Å². The first-order valence-electron chi connectivity index (χ1n) is 6.70. The number of aromatic nitrogens is 1. The molecule has 2 aromatic rings. The summed E-state index contributed by atoms with van der Waals surface area (Å²) >= 11 is 6.02. The Morgan fingerprint density at radius 1 is 1.33 bits per heavy atom. The van der Waals surface area contributed by atoms with E-state index in [1.165, 1.54) is 0 Å². The van der Waals surface area contributed by atoms with E-state index in [1.54, 1.807) is 18.3 Å². The van der Waals surface area contributed by atoms with Gasteiger partial charge < -0.3 is 10.1 Å². The van der Waals surface area contributed by atoms with Gasteiger partial charge in [0, 0.05) is 23.3 Å². The minimum Gasteiger partial charge on any atom is -0.489 e. The number of ether oxygens (including phenoxy) is 1. The van der Waals surface area contributed by atoms with Crippen LogP contribution in [0.4, 0.5) is 0 Å². The molecule has 0 unspecified atom stereocenters. The van der Waals surface area contributed by atoms with Gasteiger partial charge >= 0.3 is 0 Å². The second-order valence-corrected chi connectivity index (χ2v) is 4.92. The molecule has 0 atom stereocenters. The molecule has 2 rings (SSSR count). The van der Waals surface area contributed by atoms with Crippen LogP contribution in [0.15, 0.2) is 36.5 Å². The Bertz CT molecular complexity index is 652. The molecule has 0 spiro atoms. The topological polar surface area (TPSA) is 57.9 Å². The van der Waals surface area contributed by atoms with Gasteiger partial charge in [0.1, 0.15) is 24.1 Å². The molecule has 21 heavy (non-hydrogen) atoms. The summed E-state index contributed by atoms with van der Waals surface area (Å²) < 4.78 is 5.84. The van der Waals surface area contributed by atoms with Gasteiger partial charge in [-0.1, -0.05) is 18.5 Å². The van der Waals surface area contributed by atoms with Crippen LogP contribution in [-0.4, -0.2) is 11.5 Å². The first kappa shape index (κ1) is 15.3. The summed E-state index contributed by atoms with van der Waals surface area (Å²) in [7, 11) is 0. The van der Waals surface area contributed by atoms with Gasteiger partial charge in [0.25, 0.3) is 0 Å². The third-order valence-corrected chi connectivity index (χ3v) is 3.16. The molecule has 0 bridgehead atoms. The van der Waals surface area contributed by atoms with E-state index >= 15 is 0 Å². The average molecular weight is 302 g/mol. The summed E-state index contributed by atoms with van der Waals surface area (Å²) in [5.74, 6) is 0.788. The zero-order valence-electron chi connectivity index (χ0n) is 11.8. The fourth-order valence-corrected chi connectivity index (χ4v) is 2.07. The van der Waals surface area contributed by atoms with Gasteiger partial charge in [-0.15, -0.1) is 0 Å². The number of nitriles is 1. The minimum atomic E-state index is 0.387. The molecule has 1 aromatic carbocycles. The van der Waals surface area contributed by atoms with Crippen molar-refractivity contribution in [1.82, 2.24) is 10.3 Å². The van der Waals surface area contributed by atoms with Crippen LogP contribution in [0.1, 0.15) is 23.7 Å². The molecule has 108 valence electrons. The third-order valence-electron chi connectivity index (χ3n) is 2.92. The Labute approximate surface area is 129 Å². The lowest BCUT2D eigenvalue weighted by Crippen LogP contribution is -2.13. The summed E-state index contributed by atoms with van der Waals surface area (Å²) in [6, 6.07) is 11.1. The fourth-order valence-electron chi connectivity index (χ4n) is 1.87. The first-order chi connectivity index (χ1) is 10.2. The lowest BCUT2D eigenvalue weighted by molar-refractivity contribution is 0.302. The molecule has 0 radical (unpaired) electrons. The SMILES string of the molecule is CCNCc1cc(Cl)ccc1OCc1ccnc(C#N)c1. The van der Waals surface area contributed by atoms with E-state index in [2.05, 4.69) is 10.3 Å². The quantitative estimate of drug-likeness (QED) is 0.889. The van der Waals surface area contributed by atoms with Crippen LogP contribution in [0.5, 0.6) is 5.75 Å². The maximum absolute atomic E-state index is 8.84. The number of hydrogen-bond acceptors (Lipinski definition) is 4. The molecule has 4 nitrogen and oxygen atoms in total. The van der Waals surface area contributed by atoms with E-state index in [4.69, 9.17) is 21.6 Å². The van der Waals surface area contributed by atoms with Crippen molar-refractivity contribution in [1.29, 1.82) is 5.26 Å². The van der Waals surface area contributed by atoms with Crippen LogP contribution in [-0.2, 0) is 13.2 Å². The van der Waals surface area contributed by atoms with Crippen molar-refractivity contribution in [2.45, 2.75) is 20.1 Å². The van der Waals surface area contributed by atoms with Gasteiger partial charge in [-0.3, -0.25) is 0 Å². The maximum atomic E-state index is 8.84. The number of rotatable bonds is 6. The highest BCUT2D eigenvalue weighted by Gasteiger charge is 2.05. The standard InChI is InChI=1S/C16H16ClN3O/c1-2-19-10-13-8-14(17)3-4-16(13)21-11-12-5-6-20-15(7-12)9-18/h3-8,19H,2,10-11H2,1H3. The Morgan fingerprint density at radius 3 is 2.95 bits per heavy atom. The molecule has 1 N–H and O–H groups in total. The molecule has 0 fully saturated rings. The fraction of sp³-hybridized carbons (Fsp3) is 0.250. The molecule has 0 saturated carbocycles. The Kier molecular flexibility index (Phi) is 5.56. The highest BCUT2D eigenvalue weighted by Crippen LogP contribution is 2.23. The van der Waals surface area contributed by atoms with E-state index in [0.29, 0.717) is 23.9 Å². The van der Waals surface area contributed by atoms with Gasteiger partial charge in [0.05, 0.1) is 0 Å². The van der Waals surface area contributed by atoms with Gasteiger partial charge in [0.15, 0.2) is 0 Å². The van der Waals surface area contributed by atoms with E-state index in [-0.39, 0.29) is 0 Å². The smallest absolute Gasteiger partial charge is 0.140 e. The summed E-state index contributed by atoms with van der Waals surface area (Å²) in [6.45, 7) is 4.01. The number of hydrogen-bond donors (Lipinski definition) is 1. The van der Waals surface area contributed by atoms with Crippen LogP contribution in [0.2, 0.25) is 5.02 Å². The number of nitrogens with zero attached hydrogens (tertiary/aromatic N) is 2. The largest absolute Gasteiger partial charge is 0.489 e. The van der Waals surface area contributed by atoms with Crippen molar-refractivity contribution in [3.63, 3.8) is 0 Å². The van der Waals surface area contributed by atoms with Crippen molar-refractivity contribution in [2.75, 3.05) is 6.54 Å². The molecule has 5 heteroatoms. The zero-order chi connectivity index (χ0) is 15.1. The molecule has 0 saturated heterocycles. The lowest BCUT2D eigenvalue weighted by Gasteiger charge is -2.12. The molecule has 1 heterocycles. The normalized spacial score (nSPS) is 10.1. The van der Waals surface area contributed by atoms with Crippen molar-refractivity contribution >= 4 is 11.6 Å². The summed E-state index contributed by atoms with van der Waals surface area (Å²) in [4.78, 5) is 3.94. The second-order valence-electron chi connectivity index (χ2n) is 4.48. The highest BCUT2D eigenvalue weighted by molar-refractivity contribution is 6.30. The number of nitrogens with one attached hydrogen (secondary N) is 1. The Balaban J connectivity index is 2.10. The molecule has 0 aliphatic carbocycles. The predicted octanol–water partition coefficient (Wildman–Crippen LogP) is 3.30. The third kappa shape index (κ3) is 4.45. The highest BCUT2D eigenvalue weighted by atomic mass is 35.5. The second kappa shape index (κ2) is 7.63. The van der Waals surface area contributed by atoms with Gasteiger partial charge in [-0.25, -0.2) is 4.98 Å². The average Bonchev–Trinajstić information content (AvgIpc) is 2.52. The minimum absolute atomic E-state index is 0.387. The zero-order valence-corrected chi connectivity index (χ0v) is 12.5. The lowest BCUT2D eigenvalue weighted by atomic mass is 10.2. The predicted molar refractivity (Wildman–Crippen MR) is 82.1 cm³/mol. The summed E-state index contributed by atoms with van der Waals surface area (Å²) in [5.41, 5.74) is 2.31. The number of benzene rings is 1. The number of halogens is 1. The Hall–Kier alpha value is -2.09. The van der Waals surface area contributed by atoms with Gasteiger partial charge in [-0.2, -0.15) is 5.26 Å². The first-order valence-corrected chi connectivity index (χ1v) is 7.07. The van der Waals surface area contributed by atoms with Gasteiger partial charge in [0.2, 0.25) is 0 Å². The van der Waals surface area contributed by atoms with E-state index in [9.17, 15) is 0 Å². The van der Waals surface area contributed by atoms with E-state index in [1.807, 2.05) is 31.2 Å². The Morgan fingerprint density at radius 2 is 2.19 bits per heavy atom. The molecular formula is C16H16ClN3O. The van der Waals surface area contributed by atoms with Crippen LogP contribution in [0, 0.1) is 11.3 Å². The van der Waals surface area contributed by atoms with E-state index in [0.717, 1.165) is 23.4 Å². The van der Waals surface area contributed by atoms with Crippen LogP contribution < -0.4 is 10.1 Å². The van der Waals surface area contributed by atoms with Crippen molar-refractivity contribution < 1.29 is 4.74 Å². The van der Waals surface area contributed by atoms with Crippen molar-refractivity contribution in [3.05, 3.63) is 58.4 Å². The van der Waals surface area contributed by atoms with Gasteiger partial charge in [-0.05, 0) is 42.4 Å². The molecule has 0 amide bonds. The monoisotopic (exact) mass is 301 g/mol. The summed E-state index contributed by atoms with van der Waals surface area (Å²) in [5, 5.41) is 12.8. The van der Waals surface area contributed by atoms with Crippen molar-refractivity contribution in [3.8, 4) is 11.8 Å². The van der Waals surface area contributed by atoms with E-state index < -0.39 is 0 Å². The van der Waals surface area contributed by atoms with Crippen LogP contribution in [0.25, 0.3) is 0 Å². The molecule has 1 aromatic heterocycles.